The summed E-state index contributed by atoms with van der Waals surface area (Å²) in [6.07, 6.45) is -3.81. The Hall–Kier alpha value is -3.71. The summed E-state index contributed by atoms with van der Waals surface area (Å²) < 4.78 is 86.8. The van der Waals surface area contributed by atoms with Gasteiger partial charge in [-0.05, 0) is 48.7 Å². The number of nitrogens with zero attached hydrogens (tertiary/aromatic N) is 3. The topological polar surface area (TPSA) is 97.4 Å². The predicted molar refractivity (Wildman–Crippen MR) is 129 cm³/mol. The maximum Gasteiger partial charge on any atom is 0.435 e. The van der Waals surface area contributed by atoms with Crippen LogP contribution in [0.15, 0.2) is 64.1 Å². The second-order valence-electron chi connectivity index (χ2n) is 8.98. The molecule has 3 heterocycles. The zero-order valence-electron chi connectivity index (χ0n) is 20.0. The average Bonchev–Trinajstić information content (AvgIpc) is 3.60. The lowest BCUT2D eigenvalue weighted by atomic mass is 10.1. The highest BCUT2D eigenvalue weighted by molar-refractivity contribution is 7.89. The van der Waals surface area contributed by atoms with Crippen LogP contribution in [0.3, 0.4) is 0 Å². The molecule has 1 saturated heterocycles. The summed E-state index contributed by atoms with van der Waals surface area (Å²) in [5.74, 6) is -1.05. The lowest BCUT2D eigenvalue weighted by Gasteiger charge is -2.22. The highest BCUT2D eigenvalue weighted by Gasteiger charge is 2.41. The van der Waals surface area contributed by atoms with E-state index in [1.165, 1.54) is 19.2 Å². The molecule has 1 amide bonds. The van der Waals surface area contributed by atoms with Gasteiger partial charge >= 0.3 is 6.18 Å². The van der Waals surface area contributed by atoms with Crippen LogP contribution < -0.4 is 5.32 Å². The first-order chi connectivity index (χ1) is 17.9. The molecule has 1 aliphatic rings. The minimum Gasteiger partial charge on any atom is -0.443 e. The van der Waals surface area contributed by atoms with Gasteiger partial charge in [-0.2, -0.15) is 22.6 Å². The summed E-state index contributed by atoms with van der Waals surface area (Å²) in [5.41, 5.74) is 0.543. The number of halogens is 4. The number of carbonyl (C=O) groups excluding carboxylic acids is 1. The van der Waals surface area contributed by atoms with Gasteiger partial charge in [0.25, 0.3) is 10.0 Å². The van der Waals surface area contributed by atoms with E-state index in [9.17, 15) is 30.8 Å². The van der Waals surface area contributed by atoms with Crippen molar-refractivity contribution in [1.82, 2.24) is 19.4 Å². The minimum atomic E-state index is -4.58. The number of alkyl halides is 3. The molecule has 5 rings (SSSR count). The van der Waals surface area contributed by atoms with Crippen LogP contribution in [-0.4, -0.2) is 41.0 Å². The van der Waals surface area contributed by atoms with Gasteiger partial charge in [0.15, 0.2) is 5.69 Å². The molecule has 13 heteroatoms. The van der Waals surface area contributed by atoms with E-state index in [2.05, 4.69) is 10.4 Å². The van der Waals surface area contributed by atoms with Crippen molar-refractivity contribution in [1.29, 1.82) is 0 Å². The first-order valence-electron chi connectivity index (χ1n) is 11.6. The molecule has 0 bridgehead atoms. The lowest BCUT2D eigenvalue weighted by molar-refractivity contribution is -0.141. The molecule has 0 saturated carbocycles. The van der Waals surface area contributed by atoms with Crippen LogP contribution >= 0.6 is 0 Å². The molecule has 8 nitrogen and oxygen atoms in total. The third-order valence-corrected chi connectivity index (χ3v) is 8.15. The van der Waals surface area contributed by atoms with Crippen LogP contribution in [0.1, 0.15) is 24.1 Å². The number of benzene rings is 2. The predicted octanol–water partition coefficient (Wildman–Crippen LogP) is 4.46. The number of nitrogens with one attached hydrogen (secondary N) is 1. The number of aromatic nitrogens is 2. The molecular formula is C25H22F4N4O4S. The van der Waals surface area contributed by atoms with Crippen molar-refractivity contribution in [2.75, 3.05) is 6.54 Å². The zero-order chi connectivity index (χ0) is 27.2. The Morgan fingerprint density at radius 1 is 1.16 bits per heavy atom. The van der Waals surface area contributed by atoms with Gasteiger partial charge in [-0.3, -0.25) is 9.48 Å². The molecule has 38 heavy (non-hydrogen) atoms. The molecule has 2 aromatic carbocycles. The van der Waals surface area contributed by atoms with Gasteiger partial charge in [-0.25, -0.2) is 12.8 Å². The summed E-state index contributed by atoms with van der Waals surface area (Å²) in [7, 11) is -2.76. The second kappa shape index (κ2) is 9.55. The molecule has 0 spiro atoms. The summed E-state index contributed by atoms with van der Waals surface area (Å²) in [6.45, 7) is 0.147. The normalized spacial score (nSPS) is 16.8. The monoisotopic (exact) mass is 550 g/mol. The maximum absolute atomic E-state index is 13.5. The van der Waals surface area contributed by atoms with Crippen molar-refractivity contribution < 1.29 is 35.2 Å². The number of furan rings is 1. The fraction of sp³-hybridized carbons (Fsp3) is 0.280. The van der Waals surface area contributed by atoms with Gasteiger partial charge < -0.3 is 9.73 Å². The van der Waals surface area contributed by atoms with Crippen molar-refractivity contribution in [3.05, 3.63) is 71.7 Å². The summed E-state index contributed by atoms with van der Waals surface area (Å²) in [6, 6.07) is 11.5. The minimum absolute atomic E-state index is 0.0327. The fourth-order valence-corrected chi connectivity index (χ4v) is 6.15. The van der Waals surface area contributed by atoms with Crippen molar-refractivity contribution in [3.63, 3.8) is 0 Å². The second-order valence-corrected chi connectivity index (χ2v) is 10.8. The van der Waals surface area contributed by atoms with E-state index in [-0.39, 0.29) is 29.5 Å². The van der Waals surface area contributed by atoms with Crippen LogP contribution in [-0.2, 0) is 34.6 Å². The number of hydrogen-bond donors (Lipinski definition) is 1. The molecule has 2 aromatic heterocycles. The van der Waals surface area contributed by atoms with E-state index in [0.717, 1.165) is 27.2 Å². The van der Waals surface area contributed by atoms with Gasteiger partial charge in [-0.1, -0.05) is 18.2 Å². The van der Waals surface area contributed by atoms with Gasteiger partial charge in [0.2, 0.25) is 11.0 Å². The van der Waals surface area contributed by atoms with Crippen molar-refractivity contribution >= 4 is 26.9 Å². The van der Waals surface area contributed by atoms with Gasteiger partial charge in [0, 0.05) is 37.2 Å². The lowest BCUT2D eigenvalue weighted by Crippen LogP contribution is -2.45. The van der Waals surface area contributed by atoms with Gasteiger partial charge in [0.1, 0.15) is 17.4 Å². The smallest absolute Gasteiger partial charge is 0.435 e. The van der Waals surface area contributed by atoms with Gasteiger partial charge in [-0.15, -0.1) is 0 Å². The van der Waals surface area contributed by atoms with E-state index in [4.69, 9.17) is 4.42 Å². The van der Waals surface area contributed by atoms with Crippen LogP contribution in [0.2, 0.25) is 0 Å². The molecule has 1 N–H and O–H groups in total. The maximum atomic E-state index is 13.5. The zero-order valence-corrected chi connectivity index (χ0v) is 20.8. The highest BCUT2D eigenvalue weighted by atomic mass is 32.2. The van der Waals surface area contributed by atoms with E-state index in [1.807, 2.05) is 0 Å². The van der Waals surface area contributed by atoms with E-state index in [0.29, 0.717) is 29.4 Å². The molecule has 1 aliphatic heterocycles. The number of sulfonamides is 1. The van der Waals surface area contributed by atoms with E-state index >= 15 is 0 Å². The van der Waals surface area contributed by atoms with Crippen molar-refractivity contribution in [2.45, 2.75) is 36.7 Å². The molecule has 1 unspecified atom stereocenters. The Labute approximate surface area is 214 Å². The van der Waals surface area contributed by atoms with Crippen LogP contribution in [0.25, 0.3) is 22.2 Å². The molecular weight excluding hydrogens is 528 g/mol. The molecule has 1 fully saturated rings. The van der Waals surface area contributed by atoms with E-state index in [1.54, 1.807) is 24.3 Å². The van der Waals surface area contributed by atoms with Crippen LogP contribution in [0.4, 0.5) is 17.6 Å². The van der Waals surface area contributed by atoms with Crippen LogP contribution in [0, 0.1) is 5.82 Å². The first-order valence-corrected chi connectivity index (χ1v) is 13.1. The average molecular weight is 551 g/mol. The summed E-state index contributed by atoms with van der Waals surface area (Å²) >= 11 is 0. The Balaban J connectivity index is 1.31. The van der Waals surface area contributed by atoms with Gasteiger partial charge in [0.05, 0.1) is 5.69 Å². The highest BCUT2D eigenvalue weighted by Crippen LogP contribution is 2.32. The fourth-order valence-electron chi connectivity index (χ4n) is 4.55. The number of fused-ring (bicyclic) bond motifs is 1. The Kier molecular flexibility index (Phi) is 6.51. The van der Waals surface area contributed by atoms with E-state index < -0.39 is 39.7 Å². The molecule has 4 aromatic rings. The van der Waals surface area contributed by atoms with Crippen molar-refractivity contribution in [2.24, 2.45) is 7.05 Å². The Morgan fingerprint density at radius 2 is 1.95 bits per heavy atom. The molecule has 1 atom stereocenters. The molecule has 200 valence electrons. The number of aryl methyl sites for hydroxylation is 1. The third kappa shape index (κ3) is 4.90. The molecule has 0 aliphatic carbocycles. The summed E-state index contributed by atoms with van der Waals surface area (Å²) in [5, 5.41) is 6.16. The molecule has 0 radical (unpaired) electrons. The Bertz CT molecular complexity index is 1630. The first kappa shape index (κ1) is 25.9. The number of amides is 1. The Morgan fingerprint density at radius 3 is 2.68 bits per heavy atom. The number of rotatable bonds is 6. The quantitative estimate of drug-likeness (QED) is 0.358. The van der Waals surface area contributed by atoms with Crippen LogP contribution in [0.5, 0.6) is 0 Å². The van der Waals surface area contributed by atoms with Crippen molar-refractivity contribution in [3.8, 4) is 11.3 Å². The largest absolute Gasteiger partial charge is 0.443 e. The SMILES string of the molecule is Cn1nc(C(F)(F)F)cc1-c1cccc(CNC(=O)C2CCCN2S(=O)(=O)c2cc3cc(F)ccc3o2)c1. The standard InChI is InChI=1S/C25H22F4N4O4S/c1-32-20(13-22(31-32)25(27,28)29)16-5-2-4-15(10-16)14-30-24(34)19-6-3-9-33(19)38(35,36)23-12-17-11-18(26)7-8-21(17)37-23/h2,4-5,7-8,10-13,19H,3,6,9,14H2,1H3,(H,30,34). The number of hydrogen-bond acceptors (Lipinski definition) is 5. The summed E-state index contributed by atoms with van der Waals surface area (Å²) in [4.78, 5) is 13.0. The number of carbonyl (C=O) groups is 1. The third-order valence-electron chi connectivity index (χ3n) is 6.38.